The third-order valence-corrected chi connectivity index (χ3v) is 4.54. The Hall–Kier alpha value is -2.46. The van der Waals surface area contributed by atoms with Crippen molar-refractivity contribution in [2.24, 2.45) is 0 Å². The first-order valence-corrected chi connectivity index (χ1v) is 8.13. The summed E-state index contributed by atoms with van der Waals surface area (Å²) in [5.41, 5.74) is 4.94. The number of aromatic amines is 1. The molecule has 2 N–H and O–H groups in total. The summed E-state index contributed by atoms with van der Waals surface area (Å²) < 4.78 is 0. The van der Waals surface area contributed by atoms with Gasteiger partial charge in [0, 0.05) is 17.9 Å². The van der Waals surface area contributed by atoms with E-state index in [1.165, 1.54) is 16.8 Å². The Morgan fingerprint density at radius 3 is 2.78 bits per heavy atom. The Bertz CT molecular complexity index is 712. The van der Waals surface area contributed by atoms with Crippen LogP contribution in [0.3, 0.4) is 0 Å². The summed E-state index contributed by atoms with van der Waals surface area (Å²) in [5, 5.41) is 11.1. The summed E-state index contributed by atoms with van der Waals surface area (Å²) in [4.78, 5) is 4.57. The number of hydrogen-bond donors (Lipinski definition) is 2. The van der Waals surface area contributed by atoms with Gasteiger partial charge in [-0.1, -0.05) is 36.4 Å². The highest BCUT2D eigenvalue weighted by molar-refractivity contribution is 5.29. The maximum atomic E-state index is 4.57. The Balaban J connectivity index is 1.59. The number of aromatic nitrogens is 3. The van der Waals surface area contributed by atoms with E-state index in [9.17, 15) is 0 Å². The first-order chi connectivity index (χ1) is 11.4. The number of aryl methyl sites for hydroxylation is 1. The van der Waals surface area contributed by atoms with Crippen molar-refractivity contribution >= 4 is 0 Å². The molecular weight excluding hydrogens is 284 g/mol. The van der Waals surface area contributed by atoms with Crippen LogP contribution in [0.15, 0.2) is 60.9 Å². The molecule has 0 fully saturated rings. The third kappa shape index (κ3) is 3.03. The lowest BCUT2D eigenvalue weighted by Gasteiger charge is -2.28. The second-order valence-electron chi connectivity index (χ2n) is 6.08. The van der Waals surface area contributed by atoms with Gasteiger partial charge >= 0.3 is 0 Å². The van der Waals surface area contributed by atoms with Crippen LogP contribution in [0, 0.1) is 0 Å². The van der Waals surface area contributed by atoms with Crippen LogP contribution in [0.4, 0.5) is 0 Å². The van der Waals surface area contributed by atoms with Crippen molar-refractivity contribution in [3.63, 3.8) is 0 Å². The molecule has 116 valence electrons. The fourth-order valence-electron chi connectivity index (χ4n) is 3.34. The first-order valence-electron chi connectivity index (χ1n) is 8.13. The molecule has 0 aliphatic heterocycles. The molecule has 1 aliphatic rings. The molecule has 2 atom stereocenters. The Labute approximate surface area is 136 Å². The van der Waals surface area contributed by atoms with Crippen LogP contribution < -0.4 is 5.32 Å². The lowest BCUT2D eigenvalue weighted by Crippen LogP contribution is -2.37. The number of benzene rings is 1. The quantitative estimate of drug-likeness (QED) is 0.779. The zero-order valence-electron chi connectivity index (χ0n) is 12.9. The molecule has 0 saturated heterocycles. The van der Waals surface area contributed by atoms with Crippen LogP contribution in [-0.2, 0) is 12.8 Å². The smallest absolute Gasteiger partial charge is 0.0753 e. The molecule has 3 aromatic rings. The maximum absolute atomic E-state index is 4.57. The molecule has 0 radical (unpaired) electrons. The molecular formula is C19H20N4. The summed E-state index contributed by atoms with van der Waals surface area (Å²) in [6, 6.07) is 17.2. The van der Waals surface area contributed by atoms with Gasteiger partial charge < -0.3 is 5.32 Å². The lowest BCUT2D eigenvalue weighted by atomic mass is 9.91. The van der Waals surface area contributed by atoms with Crippen LogP contribution in [-0.4, -0.2) is 21.2 Å². The molecule has 4 rings (SSSR count). The summed E-state index contributed by atoms with van der Waals surface area (Å²) in [6.07, 6.45) is 7.01. The molecule has 1 aliphatic carbocycles. The zero-order valence-corrected chi connectivity index (χ0v) is 12.9. The summed E-state index contributed by atoms with van der Waals surface area (Å²) in [7, 11) is 0. The van der Waals surface area contributed by atoms with E-state index >= 15 is 0 Å². The van der Waals surface area contributed by atoms with E-state index in [0.29, 0.717) is 6.04 Å². The van der Waals surface area contributed by atoms with Gasteiger partial charge in [0.15, 0.2) is 0 Å². The first kappa shape index (κ1) is 14.2. The van der Waals surface area contributed by atoms with E-state index in [2.05, 4.69) is 63.0 Å². The van der Waals surface area contributed by atoms with Gasteiger partial charge in [-0.15, -0.1) is 0 Å². The molecule has 4 heteroatoms. The fourth-order valence-corrected chi connectivity index (χ4v) is 3.34. The number of hydrogen-bond acceptors (Lipinski definition) is 3. The second kappa shape index (κ2) is 6.34. The SMILES string of the molecule is c1ccc(C(NC2CCc3[nH]ncc3C2)c2ccccn2)cc1. The third-order valence-electron chi connectivity index (χ3n) is 4.54. The normalized spacial score (nSPS) is 18.3. The van der Waals surface area contributed by atoms with E-state index in [1.807, 2.05) is 18.5 Å². The van der Waals surface area contributed by atoms with Crippen LogP contribution >= 0.6 is 0 Å². The van der Waals surface area contributed by atoms with E-state index in [0.717, 1.165) is 25.0 Å². The predicted octanol–water partition coefficient (Wildman–Crippen LogP) is 3.04. The van der Waals surface area contributed by atoms with Crippen LogP contribution in [0.2, 0.25) is 0 Å². The Kier molecular flexibility index (Phi) is 3.90. The molecule has 1 aromatic carbocycles. The predicted molar refractivity (Wildman–Crippen MR) is 90.1 cm³/mol. The van der Waals surface area contributed by atoms with Crippen molar-refractivity contribution in [2.75, 3.05) is 0 Å². The van der Waals surface area contributed by atoms with Gasteiger partial charge in [-0.25, -0.2) is 0 Å². The Morgan fingerprint density at radius 2 is 1.96 bits per heavy atom. The van der Waals surface area contributed by atoms with Crippen molar-refractivity contribution in [3.05, 3.63) is 83.4 Å². The van der Waals surface area contributed by atoms with E-state index in [4.69, 9.17) is 0 Å². The van der Waals surface area contributed by atoms with Crippen molar-refractivity contribution in [1.82, 2.24) is 20.5 Å². The molecule has 23 heavy (non-hydrogen) atoms. The van der Waals surface area contributed by atoms with Gasteiger partial charge in [0.25, 0.3) is 0 Å². The van der Waals surface area contributed by atoms with Crippen molar-refractivity contribution in [2.45, 2.75) is 31.3 Å². The summed E-state index contributed by atoms with van der Waals surface area (Å²) in [5.74, 6) is 0. The van der Waals surface area contributed by atoms with Crippen molar-refractivity contribution < 1.29 is 0 Å². The fraction of sp³-hybridized carbons (Fsp3) is 0.263. The van der Waals surface area contributed by atoms with Crippen molar-refractivity contribution in [3.8, 4) is 0 Å². The van der Waals surface area contributed by atoms with Gasteiger partial charge in [-0.05, 0) is 42.5 Å². The minimum Gasteiger partial charge on any atom is -0.302 e. The number of fused-ring (bicyclic) bond motifs is 1. The van der Waals surface area contributed by atoms with Gasteiger partial charge in [-0.3, -0.25) is 10.1 Å². The molecule has 0 spiro atoms. The number of pyridine rings is 1. The number of H-pyrrole nitrogens is 1. The summed E-state index contributed by atoms with van der Waals surface area (Å²) >= 11 is 0. The topological polar surface area (TPSA) is 53.6 Å². The highest BCUT2D eigenvalue weighted by Gasteiger charge is 2.24. The van der Waals surface area contributed by atoms with E-state index in [-0.39, 0.29) is 6.04 Å². The number of rotatable bonds is 4. The largest absolute Gasteiger partial charge is 0.302 e. The second-order valence-corrected chi connectivity index (χ2v) is 6.08. The van der Waals surface area contributed by atoms with Crippen LogP contribution in [0.25, 0.3) is 0 Å². The van der Waals surface area contributed by atoms with Gasteiger partial charge in [0.2, 0.25) is 0 Å². The molecule has 2 unspecified atom stereocenters. The maximum Gasteiger partial charge on any atom is 0.0753 e. The molecule has 2 heterocycles. The number of nitrogens with zero attached hydrogens (tertiary/aromatic N) is 2. The van der Waals surface area contributed by atoms with Gasteiger partial charge in [0.1, 0.15) is 0 Å². The van der Waals surface area contributed by atoms with E-state index in [1.54, 1.807) is 0 Å². The van der Waals surface area contributed by atoms with Gasteiger partial charge in [-0.2, -0.15) is 5.10 Å². The standard InChI is InChI=1S/C19H20N4/c1-2-6-14(7-3-1)19(18-8-4-5-11-20-18)22-16-9-10-17-15(12-16)13-21-23-17/h1-8,11,13,16,19,22H,9-10,12H2,(H,21,23). The highest BCUT2D eigenvalue weighted by atomic mass is 15.1. The average molecular weight is 304 g/mol. The molecule has 0 amide bonds. The Morgan fingerprint density at radius 1 is 1.09 bits per heavy atom. The van der Waals surface area contributed by atoms with Crippen molar-refractivity contribution in [1.29, 1.82) is 0 Å². The summed E-state index contributed by atoms with van der Waals surface area (Å²) in [6.45, 7) is 0. The minimum absolute atomic E-state index is 0.121. The monoisotopic (exact) mass is 304 g/mol. The van der Waals surface area contributed by atoms with Crippen LogP contribution in [0.5, 0.6) is 0 Å². The minimum atomic E-state index is 0.121. The van der Waals surface area contributed by atoms with Crippen LogP contribution in [0.1, 0.15) is 35.0 Å². The number of nitrogens with one attached hydrogen (secondary N) is 2. The highest BCUT2D eigenvalue weighted by Crippen LogP contribution is 2.25. The molecule has 0 saturated carbocycles. The zero-order chi connectivity index (χ0) is 15.5. The van der Waals surface area contributed by atoms with Gasteiger partial charge in [0.05, 0.1) is 17.9 Å². The lowest BCUT2D eigenvalue weighted by molar-refractivity contribution is 0.421. The molecule has 4 nitrogen and oxygen atoms in total. The molecule has 2 aromatic heterocycles. The molecule has 0 bridgehead atoms. The average Bonchev–Trinajstić information content (AvgIpc) is 3.09. The van der Waals surface area contributed by atoms with E-state index < -0.39 is 0 Å².